The van der Waals surface area contributed by atoms with Crippen molar-refractivity contribution in [1.82, 2.24) is 0 Å². The molecule has 0 aliphatic heterocycles. The van der Waals surface area contributed by atoms with E-state index >= 15 is 0 Å². The number of benzene rings is 1. The summed E-state index contributed by atoms with van der Waals surface area (Å²) < 4.78 is 0. The highest BCUT2D eigenvalue weighted by molar-refractivity contribution is 7.10. The summed E-state index contributed by atoms with van der Waals surface area (Å²) in [4.78, 5) is 12.8. The molecule has 7 heteroatoms. The molecule has 0 aliphatic carbocycles. The topological polar surface area (TPSA) is 59.6 Å². The average molecular weight is 327 g/mol. The first-order valence-electron chi connectivity index (χ1n) is 6.50. The number of nitro groups is 1. The number of hydrogen-bond donors (Lipinski definition) is 2. The Bertz CT molecular complexity index is 617. The van der Waals surface area contributed by atoms with E-state index in [-0.39, 0.29) is 5.69 Å². The van der Waals surface area contributed by atoms with E-state index in [9.17, 15) is 10.1 Å². The largest absolute Gasteiger partial charge is 0.377 e. The number of anilines is 1. The summed E-state index contributed by atoms with van der Waals surface area (Å²) in [5, 5.41) is 16.4. The number of rotatable bonds is 6. The Balaban J connectivity index is 2.09. The lowest BCUT2D eigenvalue weighted by atomic mass is 10.2. The lowest BCUT2D eigenvalue weighted by Gasteiger charge is -2.21. The third kappa shape index (κ3) is 3.93. The first-order chi connectivity index (χ1) is 9.99. The van der Waals surface area contributed by atoms with E-state index in [4.69, 9.17) is 11.6 Å². The monoisotopic (exact) mass is 326 g/mol. The molecule has 0 amide bonds. The zero-order valence-electron chi connectivity index (χ0n) is 11.8. The maximum atomic E-state index is 10.7. The van der Waals surface area contributed by atoms with Crippen LogP contribution >= 0.6 is 22.9 Å². The zero-order valence-corrected chi connectivity index (χ0v) is 13.4. The van der Waals surface area contributed by atoms with Crippen LogP contribution in [-0.4, -0.2) is 25.6 Å². The van der Waals surface area contributed by atoms with E-state index in [0.717, 1.165) is 0 Å². The summed E-state index contributed by atoms with van der Waals surface area (Å²) in [5.41, 5.74) is 0.712. The predicted octanol–water partition coefficient (Wildman–Crippen LogP) is 2.61. The van der Waals surface area contributed by atoms with Crippen LogP contribution in [0.5, 0.6) is 0 Å². The predicted molar refractivity (Wildman–Crippen MR) is 86.5 cm³/mol. The molecule has 1 aromatic heterocycles. The summed E-state index contributed by atoms with van der Waals surface area (Å²) in [6, 6.07) is 8.92. The second-order valence-corrected chi connectivity index (χ2v) is 6.33. The molecule has 21 heavy (non-hydrogen) atoms. The molecule has 112 valence electrons. The molecule has 5 nitrogen and oxygen atoms in total. The number of halogens is 1. The van der Waals surface area contributed by atoms with E-state index in [1.165, 1.54) is 21.9 Å². The third-order valence-electron chi connectivity index (χ3n) is 3.24. The van der Waals surface area contributed by atoms with Gasteiger partial charge in [-0.15, -0.1) is 11.3 Å². The van der Waals surface area contributed by atoms with Crippen molar-refractivity contribution in [2.24, 2.45) is 0 Å². The summed E-state index contributed by atoms with van der Waals surface area (Å²) in [5.74, 6) is 0. The molecule has 0 saturated heterocycles. The van der Waals surface area contributed by atoms with Crippen LogP contribution < -0.4 is 10.2 Å². The second-order valence-electron chi connectivity index (χ2n) is 4.95. The molecule has 1 atom stereocenters. The summed E-state index contributed by atoms with van der Waals surface area (Å²) in [7, 11) is 4.20. The highest BCUT2D eigenvalue weighted by Crippen LogP contribution is 2.27. The molecule has 0 spiro atoms. The number of non-ortho nitro benzene ring substituents is 1. The maximum Gasteiger partial charge on any atom is 0.271 e. The van der Waals surface area contributed by atoms with E-state index in [0.29, 0.717) is 23.3 Å². The van der Waals surface area contributed by atoms with Gasteiger partial charge in [0.2, 0.25) is 0 Å². The van der Waals surface area contributed by atoms with Crippen LogP contribution in [0.3, 0.4) is 0 Å². The number of likely N-dealkylation sites (N-methyl/N-ethyl adjacent to an activating group) is 1. The van der Waals surface area contributed by atoms with Crippen molar-refractivity contribution in [2.45, 2.75) is 6.04 Å². The molecule has 0 unspecified atom stereocenters. The molecule has 1 heterocycles. The van der Waals surface area contributed by atoms with Gasteiger partial charge in [0.15, 0.2) is 0 Å². The van der Waals surface area contributed by atoms with Crippen molar-refractivity contribution in [2.75, 3.05) is 26.0 Å². The average Bonchev–Trinajstić information content (AvgIpc) is 2.93. The van der Waals surface area contributed by atoms with E-state index in [1.54, 1.807) is 17.4 Å². The fourth-order valence-electron chi connectivity index (χ4n) is 2.05. The zero-order chi connectivity index (χ0) is 15.4. The van der Waals surface area contributed by atoms with E-state index in [2.05, 4.69) is 30.9 Å². The SMILES string of the molecule is C[NH+](C)[C@@H](CNc1ccc([N+](=O)[O-])cc1Cl)c1cccs1. The smallest absolute Gasteiger partial charge is 0.271 e. The number of nitrogens with zero attached hydrogens (tertiary/aromatic N) is 1. The van der Waals surface area contributed by atoms with Gasteiger partial charge in [0.25, 0.3) is 5.69 Å². The molecule has 0 radical (unpaired) electrons. The molecule has 0 aliphatic rings. The number of hydrogen-bond acceptors (Lipinski definition) is 4. The van der Waals surface area contributed by atoms with Crippen LogP contribution in [0, 0.1) is 10.1 Å². The number of thiophene rings is 1. The molecular weight excluding hydrogens is 310 g/mol. The van der Waals surface area contributed by atoms with Crippen molar-refractivity contribution in [3.63, 3.8) is 0 Å². The lowest BCUT2D eigenvalue weighted by molar-refractivity contribution is -0.889. The maximum absolute atomic E-state index is 10.7. The van der Waals surface area contributed by atoms with Crippen molar-refractivity contribution >= 4 is 34.3 Å². The van der Waals surface area contributed by atoms with Crippen LogP contribution in [0.4, 0.5) is 11.4 Å². The Kier molecular flexibility index (Phi) is 5.17. The Hall–Kier alpha value is -1.63. The Labute approximate surface area is 132 Å². The molecule has 2 rings (SSSR count). The number of nitro benzene ring substituents is 1. The molecule has 2 N–H and O–H groups in total. The van der Waals surface area contributed by atoms with E-state index in [1.807, 2.05) is 6.07 Å². The Morgan fingerprint density at radius 1 is 1.43 bits per heavy atom. The number of quaternary nitrogens is 1. The molecule has 1 aromatic carbocycles. The number of nitrogens with one attached hydrogen (secondary N) is 2. The van der Waals surface area contributed by atoms with E-state index < -0.39 is 4.92 Å². The van der Waals surface area contributed by atoms with Gasteiger partial charge in [-0.05, 0) is 17.5 Å². The molecule has 2 aromatic rings. The van der Waals surface area contributed by atoms with Crippen molar-refractivity contribution in [1.29, 1.82) is 0 Å². The first kappa shape index (κ1) is 15.8. The fourth-order valence-corrected chi connectivity index (χ4v) is 3.25. The van der Waals surface area contributed by atoms with Crippen LogP contribution in [0.15, 0.2) is 35.7 Å². The van der Waals surface area contributed by atoms with Crippen molar-refractivity contribution in [3.05, 3.63) is 55.7 Å². The van der Waals surface area contributed by atoms with Gasteiger partial charge in [0.1, 0.15) is 6.04 Å². The van der Waals surface area contributed by atoms with Gasteiger partial charge in [-0.25, -0.2) is 0 Å². The normalized spacial score (nSPS) is 12.4. The van der Waals surface area contributed by atoms with Gasteiger partial charge in [-0.2, -0.15) is 0 Å². The summed E-state index contributed by atoms with van der Waals surface area (Å²) in [6.07, 6.45) is 0. The Morgan fingerprint density at radius 2 is 2.19 bits per heavy atom. The molecule has 0 saturated carbocycles. The first-order valence-corrected chi connectivity index (χ1v) is 7.76. The van der Waals surface area contributed by atoms with Crippen LogP contribution in [0.25, 0.3) is 0 Å². The van der Waals surface area contributed by atoms with Gasteiger partial charge in [-0.3, -0.25) is 10.1 Å². The third-order valence-corrected chi connectivity index (χ3v) is 4.54. The van der Waals surface area contributed by atoms with Crippen LogP contribution in [0.2, 0.25) is 5.02 Å². The van der Waals surface area contributed by atoms with Crippen LogP contribution in [0.1, 0.15) is 10.9 Å². The van der Waals surface area contributed by atoms with Gasteiger partial charge >= 0.3 is 0 Å². The molecule has 0 fully saturated rings. The van der Waals surface area contributed by atoms with Gasteiger partial charge in [0, 0.05) is 12.1 Å². The highest BCUT2D eigenvalue weighted by atomic mass is 35.5. The standard InChI is InChI=1S/C14H16ClN3O2S/c1-17(2)13(14-4-3-7-21-14)9-16-12-6-5-10(18(19)20)8-11(12)15/h3-8,13,16H,9H2,1-2H3/p+1/t13-/m0/s1. The van der Waals surface area contributed by atoms with Crippen molar-refractivity contribution in [3.8, 4) is 0 Å². The quantitative estimate of drug-likeness (QED) is 0.633. The highest BCUT2D eigenvalue weighted by Gasteiger charge is 2.19. The molecular formula is C14H17ClN3O2S+. The van der Waals surface area contributed by atoms with Crippen LogP contribution in [-0.2, 0) is 0 Å². The minimum Gasteiger partial charge on any atom is -0.377 e. The second kappa shape index (κ2) is 6.89. The minimum atomic E-state index is -0.450. The molecule has 0 bridgehead atoms. The lowest BCUT2D eigenvalue weighted by Crippen LogP contribution is -3.06. The Morgan fingerprint density at radius 3 is 2.71 bits per heavy atom. The summed E-state index contributed by atoms with van der Waals surface area (Å²) in [6.45, 7) is 0.709. The van der Waals surface area contributed by atoms with Gasteiger partial charge < -0.3 is 10.2 Å². The van der Waals surface area contributed by atoms with Gasteiger partial charge in [-0.1, -0.05) is 17.7 Å². The fraction of sp³-hybridized carbons (Fsp3) is 0.286. The summed E-state index contributed by atoms with van der Waals surface area (Å²) >= 11 is 7.81. The minimum absolute atomic E-state index is 0.00130. The van der Waals surface area contributed by atoms with Crippen molar-refractivity contribution < 1.29 is 9.82 Å². The van der Waals surface area contributed by atoms with Gasteiger partial charge in [0.05, 0.1) is 41.2 Å².